The highest BCUT2D eigenvalue weighted by molar-refractivity contribution is 6.06. The summed E-state index contributed by atoms with van der Waals surface area (Å²) in [7, 11) is 0. The summed E-state index contributed by atoms with van der Waals surface area (Å²) in [6.07, 6.45) is 0. The first kappa shape index (κ1) is 18.6. The molecule has 0 saturated carbocycles. The lowest BCUT2D eigenvalue weighted by Gasteiger charge is -2.08. The minimum atomic E-state index is -0.576. The molecule has 1 amide bonds. The van der Waals surface area contributed by atoms with Gasteiger partial charge in [0.2, 0.25) is 0 Å². The number of H-pyrrole nitrogens is 1. The van der Waals surface area contributed by atoms with Crippen molar-refractivity contribution in [2.24, 2.45) is 0 Å². The Hall–Kier alpha value is -4.46. The predicted octanol–water partition coefficient (Wildman–Crippen LogP) is 3.38. The van der Waals surface area contributed by atoms with Crippen LogP contribution in [0.1, 0.15) is 16.2 Å². The molecule has 2 N–H and O–H groups in total. The number of benzene rings is 3. The number of amides is 1. The van der Waals surface area contributed by atoms with Crippen LogP contribution < -0.4 is 16.6 Å². The van der Waals surface area contributed by atoms with Gasteiger partial charge in [-0.1, -0.05) is 18.2 Å². The van der Waals surface area contributed by atoms with Gasteiger partial charge in [-0.05, 0) is 48.5 Å². The van der Waals surface area contributed by atoms with Crippen LogP contribution >= 0.6 is 0 Å². The fourth-order valence-corrected chi connectivity index (χ4v) is 3.49. The lowest BCUT2D eigenvalue weighted by atomic mass is 10.1. The SMILES string of the molecule is Cc1nc2cc(NC(=O)c3ccc4c(=O)n(-c5ccccc5)c(=O)[nH]c4c3)ccc2o1. The van der Waals surface area contributed by atoms with Crippen molar-refractivity contribution < 1.29 is 9.21 Å². The number of para-hydroxylation sites is 1. The number of hydrogen-bond donors (Lipinski definition) is 2. The number of aryl methyl sites for hydroxylation is 1. The van der Waals surface area contributed by atoms with Gasteiger partial charge in [0.1, 0.15) is 5.52 Å². The van der Waals surface area contributed by atoms with E-state index in [1.165, 1.54) is 12.1 Å². The summed E-state index contributed by atoms with van der Waals surface area (Å²) < 4.78 is 6.50. The summed E-state index contributed by atoms with van der Waals surface area (Å²) in [5, 5.41) is 3.10. The smallest absolute Gasteiger partial charge is 0.333 e. The standard InChI is InChI=1S/C23H16N4O4/c1-13-24-19-12-15(8-10-20(19)31-13)25-21(28)14-7-9-17-18(11-14)26-23(30)27(22(17)29)16-5-3-2-4-6-16/h2-12H,1H3,(H,25,28)(H,26,30). The lowest BCUT2D eigenvalue weighted by molar-refractivity contribution is 0.102. The molecule has 2 aromatic heterocycles. The van der Waals surface area contributed by atoms with E-state index in [1.54, 1.807) is 61.5 Å². The zero-order chi connectivity index (χ0) is 21.5. The van der Waals surface area contributed by atoms with Crippen molar-refractivity contribution in [3.8, 4) is 5.69 Å². The van der Waals surface area contributed by atoms with Crippen molar-refractivity contribution in [1.29, 1.82) is 0 Å². The van der Waals surface area contributed by atoms with Crippen LogP contribution in [0.3, 0.4) is 0 Å². The average Bonchev–Trinajstić information content (AvgIpc) is 3.13. The highest BCUT2D eigenvalue weighted by Crippen LogP contribution is 2.20. The quantitative estimate of drug-likeness (QED) is 0.472. The maximum absolute atomic E-state index is 12.9. The van der Waals surface area contributed by atoms with Gasteiger partial charge in [0.15, 0.2) is 11.5 Å². The van der Waals surface area contributed by atoms with E-state index >= 15 is 0 Å². The number of fused-ring (bicyclic) bond motifs is 2. The molecule has 0 spiro atoms. The monoisotopic (exact) mass is 412 g/mol. The number of aromatic amines is 1. The molecule has 3 aromatic carbocycles. The first-order valence-corrected chi connectivity index (χ1v) is 9.53. The molecular formula is C23H16N4O4. The van der Waals surface area contributed by atoms with E-state index in [2.05, 4.69) is 15.3 Å². The predicted molar refractivity (Wildman–Crippen MR) is 117 cm³/mol. The van der Waals surface area contributed by atoms with E-state index in [0.717, 1.165) is 4.57 Å². The van der Waals surface area contributed by atoms with E-state index < -0.39 is 11.2 Å². The van der Waals surface area contributed by atoms with Crippen molar-refractivity contribution in [2.75, 3.05) is 5.32 Å². The fraction of sp³-hybridized carbons (Fsp3) is 0.0435. The number of oxazole rings is 1. The molecule has 152 valence electrons. The maximum atomic E-state index is 12.9. The van der Waals surface area contributed by atoms with Crippen molar-refractivity contribution in [1.82, 2.24) is 14.5 Å². The van der Waals surface area contributed by atoms with Gasteiger partial charge < -0.3 is 14.7 Å². The molecule has 0 unspecified atom stereocenters. The topological polar surface area (TPSA) is 110 Å². The Bertz CT molecular complexity index is 1580. The van der Waals surface area contributed by atoms with Gasteiger partial charge in [-0.15, -0.1) is 0 Å². The second-order valence-electron chi connectivity index (χ2n) is 7.04. The van der Waals surface area contributed by atoms with Crippen LogP contribution in [0.4, 0.5) is 5.69 Å². The van der Waals surface area contributed by atoms with Gasteiger partial charge in [0.05, 0.1) is 16.6 Å². The highest BCUT2D eigenvalue weighted by Gasteiger charge is 2.13. The van der Waals surface area contributed by atoms with E-state index in [-0.39, 0.29) is 11.4 Å². The Morgan fingerprint density at radius 2 is 1.84 bits per heavy atom. The summed E-state index contributed by atoms with van der Waals surface area (Å²) in [4.78, 5) is 45.1. The number of carbonyl (C=O) groups is 1. The molecule has 0 saturated heterocycles. The fourth-order valence-electron chi connectivity index (χ4n) is 3.49. The molecule has 0 aliphatic rings. The summed E-state index contributed by atoms with van der Waals surface area (Å²) >= 11 is 0. The Kier molecular flexibility index (Phi) is 4.25. The molecule has 5 aromatic rings. The normalized spacial score (nSPS) is 11.1. The van der Waals surface area contributed by atoms with Gasteiger partial charge in [-0.25, -0.2) is 14.3 Å². The number of hydrogen-bond acceptors (Lipinski definition) is 5. The Morgan fingerprint density at radius 3 is 2.65 bits per heavy atom. The maximum Gasteiger partial charge on any atom is 0.333 e. The Morgan fingerprint density at radius 1 is 1.03 bits per heavy atom. The zero-order valence-corrected chi connectivity index (χ0v) is 16.4. The molecular weight excluding hydrogens is 396 g/mol. The minimum Gasteiger partial charge on any atom is -0.441 e. The second kappa shape index (κ2) is 7.10. The molecule has 8 nitrogen and oxygen atoms in total. The number of rotatable bonds is 3. The minimum absolute atomic E-state index is 0.289. The molecule has 2 heterocycles. The number of aromatic nitrogens is 3. The molecule has 0 bridgehead atoms. The Labute approximate surface area is 174 Å². The number of nitrogens with one attached hydrogen (secondary N) is 2. The largest absolute Gasteiger partial charge is 0.441 e. The Balaban J connectivity index is 1.51. The van der Waals surface area contributed by atoms with E-state index in [0.29, 0.717) is 39.3 Å². The summed E-state index contributed by atoms with van der Waals surface area (Å²) in [5.41, 5.74) is 1.86. The van der Waals surface area contributed by atoms with Crippen LogP contribution in [-0.4, -0.2) is 20.4 Å². The second-order valence-corrected chi connectivity index (χ2v) is 7.04. The van der Waals surface area contributed by atoms with Gasteiger partial charge in [-0.2, -0.15) is 0 Å². The van der Waals surface area contributed by atoms with Gasteiger partial charge in [0, 0.05) is 18.2 Å². The van der Waals surface area contributed by atoms with Crippen LogP contribution in [0.15, 0.2) is 80.7 Å². The van der Waals surface area contributed by atoms with E-state index in [1.807, 2.05) is 0 Å². The average molecular weight is 412 g/mol. The van der Waals surface area contributed by atoms with Gasteiger partial charge >= 0.3 is 5.69 Å². The first-order valence-electron chi connectivity index (χ1n) is 9.53. The van der Waals surface area contributed by atoms with E-state index in [4.69, 9.17) is 4.42 Å². The molecule has 0 radical (unpaired) electrons. The molecule has 0 atom stereocenters. The van der Waals surface area contributed by atoms with Crippen LogP contribution in [0.5, 0.6) is 0 Å². The van der Waals surface area contributed by atoms with Crippen molar-refractivity contribution in [3.05, 3.63) is 99.0 Å². The molecule has 0 fully saturated rings. The summed E-state index contributed by atoms with van der Waals surface area (Å²) in [6, 6.07) is 18.4. The third-order valence-electron chi connectivity index (χ3n) is 4.93. The van der Waals surface area contributed by atoms with E-state index in [9.17, 15) is 14.4 Å². The van der Waals surface area contributed by atoms with Crippen LogP contribution in [-0.2, 0) is 0 Å². The number of carbonyl (C=O) groups excluding carboxylic acids is 1. The summed E-state index contributed by atoms with van der Waals surface area (Å²) in [6.45, 7) is 1.75. The molecule has 5 rings (SSSR count). The number of anilines is 1. The van der Waals surface area contributed by atoms with Gasteiger partial charge in [0.25, 0.3) is 11.5 Å². The molecule has 0 aliphatic carbocycles. The molecule has 0 aliphatic heterocycles. The summed E-state index contributed by atoms with van der Waals surface area (Å²) in [5.74, 6) is 0.160. The van der Waals surface area contributed by atoms with Crippen molar-refractivity contribution in [2.45, 2.75) is 6.92 Å². The first-order chi connectivity index (χ1) is 15.0. The van der Waals surface area contributed by atoms with Crippen LogP contribution in [0, 0.1) is 6.92 Å². The third-order valence-corrected chi connectivity index (χ3v) is 4.93. The molecule has 8 heteroatoms. The van der Waals surface area contributed by atoms with Crippen LogP contribution in [0.2, 0.25) is 0 Å². The third kappa shape index (κ3) is 3.29. The van der Waals surface area contributed by atoms with Crippen molar-refractivity contribution in [3.63, 3.8) is 0 Å². The van der Waals surface area contributed by atoms with Gasteiger partial charge in [-0.3, -0.25) is 9.59 Å². The lowest BCUT2D eigenvalue weighted by Crippen LogP contribution is -2.33. The zero-order valence-electron chi connectivity index (χ0n) is 16.4. The highest BCUT2D eigenvalue weighted by atomic mass is 16.3. The van der Waals surface area contributed by atoms with Crippen LogP contribution in [0.25, 0.3) is 27.7 Å². The number of nitrogens with zero attached hydrogens (tertiary/aromatic N) is 2. The molecule has 31 heavy (non-hydrogen) atoms. The van der Waals surface area contributed by atoms with Crippen molar-refractivity contribution >= 4 is 33.6 Å².